The second-order valence-corrected chi connectivity index (χ2v) is 6.92. The van der Waals surface area contributed by atoms with Gasteiger partial charge in [-0.3, -0.25) is 20.4 Å². The first-order valence-corrected chi connectivity index (χ1v) is 9.37. The number of carbonyl (C=O) groups is 2. The van der Waals surface area contributed by atoms with Crippen molar-refractivity contribution < 1.29 is 19.1 Å². The molecule has 2 aromatic carbocycles. The maximum absolute atomic E-state index is 11.8. The molecular weight excluding hydrogens is 412 g/mol. The first-order valence-electron chi connectivity index (χ1n) is 8.58. The lowest BCUT2D eigenvalue weighted by atomic mass is 10.1. The molecule has 144 valence electrons. The zero-order chi connectivity index (χ0) is 19.8. The van der Waals surface area contributed by atoms with E-state index in [9.17, 15) is 9.59 Å². The molecule has 0 aliphatic carbocycles. The Morgan fingerprint density at radius 1 is 0.926 bits per heavy atom. The Morgan fingerprint density at radius 3 is 2.07 bits per heavy atom. The van der Waals surface area contributed by atoms with Crippen molar-refractivity contribution in [3.05, 3.63) is 57.6 Å². The SMILES string of the molecule is CCc1ccc(OCC(=O)NNC(=O)COc2ccc(C)cc2C)c(Br)c1. The van der Waals surface area contributed by atoms with Crippen LogP contribution in [0.15, 0.2) is 40.9 Å². The quantitative estimate of drug-likeness (QED) is 0.655. The summed E-state index contributed by atoms with van der Waals surface area (Å²) in [6, 6.07) is 11.4. The van der Waals surface area contributed by atoms with E-state index in [-0.39, 0.29) is 13.2 Å². The first-order chi connectivity index (χ1) is 12.9. The molecule has 2 aromatic rings. The average Bonchev–Trinajstić information content (AvgIpc) is 2.64. The van der Waals surface area contributed by atoms with Gasteiger partial charge in [-0.2, -0.15) is 0 Å². The largest absolute Gasteiger partial charge is 0.483 e. The van der Waals surface area contributed by atoms with Crippen LogP contribution in [0.25, 0.3) is 0 Å². The van der Waals surface area contributed by atoms with Crippen LogP contribution < -0.4 is 20.3 Å². The van der Waals surface area contributed by atoms with Crippen molar-refractivity contribution in [2.45, 2.75) is 27.2 Å². The fourth-order valence-electron chi connectivity index (χ4n) is 2.34. The molecule has 6 nitrogen and oxygen atoms in total. The molecule has 27 heavy (non-hydrogen) atoms. The van der Waals surface area contributed by atoms with E-state index in [1.807, 2.05) is 44.2 Å². The highest BCUT2D eigenvalue weighted by Gasteiger charge is 2.09. The van der Waals surface area contributed by atoms with E-state index in [2.05, 4.69) is 33.7 Å². The van der Waals surface area contributed by atoms with E-state index in [0.717, 1.165) is 27.6 Å². The molecule has 0 fully saturated rings. The van der Waals surface area contributed by atoms with Gasteiger partial charge in [0.25, 0.3) is 11.8 Å². The summed E-state index contributed by atoms with van der Waals surface area (Å²) < 4.78 is 11.7. The Morgan fingerprint density at radius 2 is 1.52 bits per heavy atom. The van der Waals surface area contributed by atoms with Crippen molar-refractivity contribution in [2.75, 3.05) is 13.2 Å². The minimum absolute atomic E-state index is 0.199. The summed E-state index contributed by atoms with van der Waals surface area (Å²) in [5.74, 6) is 0.260. The molecule has 0 aliphatic rings. The van der Waals surface area contributed by atoms with Crippen LogP contribution in [-0.2, 0) is 16.0 Å². The van der Waals surface area contributed by atoms with Gasteiger partial charge in [0.15, 0.2) is 13.2 Å². The lowest BCUT2D eigenvalue weighted by Crippen LogP contribution is -2.45. The number of nitrogens with one attached hydrogen (secondary N) is 2. The second kappa shape index (κ2) is 9.97. The number of hydrazine groups is 1. The summed E-state index contributed by atoms with van der Waals surface area (Å²) in [6.07, 6.45) is 0.912. The third kappa shape index (κ3) is 6.60. The van der Waals surface area contributed by atoms with Crippen LogP contribution in [0.1, 0.15) is 23.6 Å². The Kier molecular flexibility index (Phi) is 7.67. The number of ether oxygens (including phenoxy) is 2. The molecule has 2 rings (SSSR count). The number of hydrogen-bond acceptors (Lipinski definition) is 4. The molecule has 0 bridgehead atoms. The van der Waals surface area contributed by atoms with E-state index < -0.39 is 11.8 Å². The van der Waals surface area contributed by atoms with Crippen LogP contribution in [0.5, 0.6) is 11.5 Å². The van der Waals surface area contributed by atoms with Gasteiger partial charge in [0.1, 0.15) is 11.5 Å². The molecule has 0 unspecified atom stereocenters. The number of halogens is 1. The fourth-order valence-corrected chi connectivity index (χ4v) is 2.88. The number of aryl methyl sites for hydroxylation is 3. The van der Waals surface area contributed by atoms with Crippen molar-refractivity contribution in [3.8, 4) is 11.5 Å². The summed E-state index contributed by atoms with van der Waals surface area (Å²) in [4.78, 5) is 23.6. The monoisotopic (exact) mass is 434 g/mol. The molecule has 0 saturated carbocycles. The minimum atomic E-state index is -0.471. The lowest BCUT2D eigenvalue weighted by Gasteiger charge is -2.12. The van der Waals surface area contributed by atoms with Gasteiger partial charge >= 0.3 is 0 Å². The van der Waals surface area contributed by atoms with Crippen LogP contribution in [0.3, 0.4) is 0 Å². The molecule has 0 aliphatic heterocycles. The van der Waals surface area contributed by atoms with E-state index in [4.69, 9.17) is 9.47 Å². The third-order valence-corrected chi connectivity index (χ3v) is 4.41. The maximum atomic E-state index is 11.8. The van der Waals surface area contributed by atoms with Crippen LogP contribution in [0.2, 0.25) is 0 Å². The van der Waals surface area contributed by atoms with E-state index in [1.165, 1.54) is 0 Å². The molecule has 2 N–H and O–H groups in total. The fraction of sp³-hybridized carbons (Fsp3) is 0.300. The number of amides is 2. The molecule has 0 atom stereocenters. The van der Waals surface area contributed by atoms with Crippen molar-refractivity contribution >= 4 is 27.7 Å². The first kappa shape index (κ1) is 20.8. The number of carbonyl (C=O) groups excluding carboxylic acids is 2. The summed E-state index contributed by atoms with van der Waals surface area (Å²) in [5.41, 5.74) is 7.82. The van der Waals surface area contributed by atoms with Crippen LogP contribution >= 0.6 is 15.9 Å². The van der Waals surface area contributed by atoms with E-state index >= 15 is 0 Å². The summed E-state index contributed by atoms with van der Waals surface area (Å²) in [7, 11) is 0. The predicted molar refractivity (Wildman–Crippen MR) is 107 cm³/mol. The van der Waals surface area contributed by atoms with E-state index in [1.54, 1.807) is 6.07 Å². The lowest BCUT2D eigenvalue weighted by molar-refractivity contribution is -0.131. The summed E-state index contributed by atoms with van der Waals surface area (Å²) in [5, 5.41) is 0. The Labute approximate surface area is 167 Å². The Hall–Kier alpha value is -2.54. The van der Waals surface area contributed by atoms with Crippen molar-refractivity contribution in [1.82, 2.24) is 10.9 Å². The normalized spacial score (nSPS) is 10.2. The maximum Gasteiger partial charge on any atom is 0.276 e. The van der Waals surface area contributed by atoms with Gasteiger partial charge in [0.05, 0.1) is 4.47 Å². The third-order valence-electron chi connectivity index (χ3n) is 3.79. The molecule has 2 amide bonds. The average molecular weight is 435 g/mol. The van der Waals surface area contributed by atoms with Crippen LogP contribution in [0, 0.1) is 13.8 Å². The second-order valence-electron chi connectivity index (χ2n) is 6.06. The molecule has 0 saturated heterocycles. The zero-order valence-corrected chi connectivity index (χ0v) is 17.2. The predicted octanol–water partition coefficient (Wildman–Crippen LogP) is 3.23. The molecule has 0 aromatic heterocycles. The van der Waals surface area contributed by atoms with Crippen LogP contribution in [0.4, 0.5) is 0 Å². The highest BCUT2D eigenvalue weighted by molar-refractivity contribution is 9.10. The van der Waals surface area contributed by atoms with Crippen molar-refractivity contribution in [1.29, 1.82) is 0 Å². The molecule has 0 heterocycles. The summed E-state index contributed by atoms with van der Waals surface area (Å²) >= 11 is 3.41. The zero-order valence-electron chi connectivity index (χ0n) is 15.6. The molecule has 0 radical (unpaired) electrons. The Bertz CT molecular complexity index is 824. The van der Waals surface area contributed by atoms with Crippen LogP contribution in [-0.4, -0.2) is 25.0 Å². The molecule has 0 spiro atoms. The number of hydrogen-bond donors (Lipinski definition) is 2. The highest BCUT2D eigenvalue weighted by atomic mass is 79.9. The van der Waals surface area contributed by atoms with Gasteiger partial charge in [0.2, 0.25) is 0 Å². The number of benzene rings is 2. The topological polar surface area (TPSA) is 76.7 Å². The molecule has 7 heteroatoms. The van der Waals surface area contributed by atoms with E-state index in [0.29, 0.717) is 11.5 Å². The van der Waals surface area contributed by atoms with Crippen molar-refractivity contribution in [2.24, 2.45) is 0 Å². The smallest absolute Gasteiger partial charge is 0.276 e. The number of rotatable bonds is 7. The van der Waals surface area contributed by atoms with Gasteiger partial charge in [-0.05, 0) is 65.5 Å². The minimum Gasteiger partial charge on any atom is -0.483 e. The van der Waals surface area contributed by atoms with Gasteiger partial charge in [-0.1, -0.05) is 30.7 Å². The van der Waals surface area contributed by atoms with Crippen molar-refractivity contribution in [3.63, 3.8) is 0 Å². The standard InChI is InChI=1S/C20H23BrN2O4/c1-4-15-6-8-18(16(21)10-15)27-12-20(25)23-22-19(24)11-26-17-7-5-13(2)9-14(17)3/h5-10H,4,11-12H2,1-3H3,(H,22,24)(H,23,25). The van der Waals surface area contributed by atoms with Gasteiger partial charge in [-0.25, -0.2) is 0 Å². The van der Waals surface area contributed by atoms with Gasteiger partial charge < -0.3 is 9.47 Å². The van der Waals surface area contributed by atoms with Gasteiger partial charge in [-0.15, -0.1) is 0 Å². The Balaban J connectivity index is 1.72. The van der Waals surface area contributed by atoms with Gasteiger partial charge in [0, 0.05) is 0 Å². The summed E-state index contributed by atoms with van der Waals surface area (Å²) in [6.45, 7) is 5.53. The highest BCUT2D eigenvalue weighted by Crippen LogP contribution is 2.26. The molecular formula is C20H23BrN2O4.